The zero-order valence-electron chi connectivity index (χ0n) is 9.08. The Morgan fingerprint density at radius 3 is 2.50 bits per heavy atom. The fraction of sp³-hybridized carbons (Fsp3) is 0.333. The first-order valence-electron chi connectivity index (χ1n) is 4.56. The number of rotatable bonds is 4. The van der Waals surface area contributed by atoms with E-state index in [0.29, 0.717) is 4.47 Å². The quantitative estimate of drug-likeness (QED) is 0.909. The van der Waals surface area contributed by atoms with E-state index in [4.69, 9.17) is 4.74 Å². The Kier molecular flexibility index (Phi) is 4.62. The van der Waals surface area contributed by atoms with E-state index in [2.05, 4.69) is 15.9 Å². The monoisotopic (exact) mass is 347 g/mol. The van der Waals surface area contributed by atoms with Crippen molar-refractivity contribution >= 4 is 26.0 Å². The third-order valence-corrected chi connectivity index (χ3v) is 3.79. The summed E-state index contributed by atoms with van der Waals surface area (Å²) >= 11 is 3.04. The number of halogens is 4. The minimum atomic E-state index is -4.62. The highest BCUT2D eigenvalue weighted by atomic mass is 79.9. The van der Waals surface area contributed by atoms with Gasteiger partial charge in [-0.05, 0) is 18.2 Å². The maximum absolute atomic E-state index is 12.0. The van der Waals surface area contributed by atoms with Gasteiger partial charge in [-0.3, -0.25) is 0 Å². The van der Waals surface area contributed by atoms with Gasteiger partial charge in [0.15, 0.2) is 0 Å². The van der Waals surface area contributed by atoms with Crippen LogP contribution in [0.3, 0.4) is 0 Å². The number of alkyl halides is 3. The van der Waals surface area contributed by atoms with Crippen molar-refractivity contribution in [1.82, 2.24) is 4.72 Å². The van der Waals surface area contributed by atoms with Crippen LogP contribution in [0.1, 0.15) is 0 Å². The highest BCUT2D eigenvalue weighted by molar-refractivity contribution is 9.10. The highest BCUT2D eigenvalue weighted by Crippen LogP contribution is 2.27. The molecule has 0 aliphatic rings. The van der Waals surface area contributed by atoms with Crippen LogP contribution in [0.15, 0.2) is 27.6 Å². The summed E-state index contributed by atoms with van der Waals surface area (Å²) in [5, 5.41) is 0. The SMILES string of the molecule is COc1ccc(Br)cc1S(=O)(=O)NCC(F)(F)F. The van der Waals surface area contributed by atoms with Crippen LogP contribution in [0.2, 0.25) is 0 Å². The molecule has 0 aliphatic heterocycles. The van der Waals surface area contributed by atoms with Crippen molar-refractivity contribution in [1.29, 1.82) is 0 Å². The second-order valence-corrected chi connectivity index (χ2v) is 5.89. The van der Waals surface area contributed by atoms with Crippen LogP contribution in [0, 0.1) is 0 Å². The minimum Gasteiger partial charge on any atom is -0.495 e. The zero-order chi connectivity index (χ0) is 14.0. The molecule has 18 heavy (non-hydrogen) atoms. The van der Waals surface area contributed by atoms with Gasteiger partial charge in [0, 0.05) is 4.47 Å². The minimum absolute atomic E-state index is 0.0344. The van der Waals surface area contributed by atoms with Crippen LogP contribution in [-0.2, 0) is 10.0 Å². The van der Waals surface area contributed by atoms with Gasteiger partial charge in [-0.25, -0.2) is 13.1 Å². The van der Waals surface area contributed by atoms with Crippen molar-refractivity contribution in [3.8, 4) is 5.75 Å². The number of benzene rings is 1. The van der Waals surface area contributed by atoms with Crippen LogP contribution in [0.25, 0.3) is 0 Å². The van der Waals surface area contributed by atoms with Gasteiger partial charge in [-0.1, -0.05) is 15.9 Å². The Balaban J connectivity index is 3.08. The fourth-order valence-electron chi connectivity index (χ4n) is 1.12. The van der Waals surface area contributed by atoms with E-state index in [1.54, 1.807) is 0 Å². The molecule has 0 heterocycles. The summed E-state index contributed by atoms with van der Waals surface area (Å²) in [7, 11) is -3.06. The van der Waals surface area contributed by atoms with E-state index in [-0.39, 0.29) is 10.6 Å². The molecule has 0 atom stereocenters. The van der Waals surface area contributed by atoms with E-state index >= 15 is 0 Å². The predicted octanol–water partition coefficient (Wildman–Crippen LogP) is 2.30. The molecule has 1 N–H and O–H groups in total. The molecule has 0 saturated carbocycles. The third-order valence-electron chi connectivity index (χ3n) is 1.88. The molecule has 0 aliphatic carbocycles. The first-order chi connectivity index (χ1) is 8.15. The van der Waals surface area contributed by atoms with Gasteiger partial charge < -0.3 is 4.74 Å². The first-order valence-corrected chi connectivity index (χ1v) is 6.83. The fourth-order valence-corrected chi connectivity index (χ4v) is 2.84. The molecule has 102 valence electrons. The van der Waals surface area contributed by atoms with Crippen LogP contribution in [0.4, 0.5) is 13.2 Å². The Morgan fingerprint density at radius 1 is 1.39 bits per heavy atom. The van der Waals surface area contributed by atoms with Crippen LogP contribution < -0.4 is 9.46 Å². The Morgan fingerprint density at radius 2 is 2.00 bits per heavy atom. The molecule has 0 bridgehead atoms. The van der Waals surface area contributed by atoms with Crippen LogP contribution in [-0.4, -0.2) is 28.2 Å². The van der Waals surface area contributed by atoms with Crippen molar-refractivity contribution in [2.45, 2.75) is 11.1 Å². The maximum atomic E-state index is 12.0. The van der Waals surface area contributed by atoms with Crippen molar-refractivity contribution in [3.63, 3.8) is 0 Å². The van der Waals surface area contributed by atoms with Gasteiger partial charge in [-0.15, -0.1) is 0 Å². The molecule has 0 saturated heterocycles. The number of hydrogen-bond acceptors (Lipinski definition) is 3. The number of hydrogen-bond donors (Lipinski definition) is 1. The molecular weight excluding hydrogens is 339 g/mol. The van der Waals surface area contributed by atoms with Gasteiger partial charge in [0.25, 0.3) is 0 Å². The van der Waals surface area contributed by atoms with Crippen LogP contribution in [0.5, 0.6) is 5.75 Å². The molecular formula is C9H9BrF3NO3S. The lowest BCUT2D eigenvalue weighted by Crippen LogP contribution is -2.33. The Labute approximate surface area is 110 Å². The maximum Gasteiger partial charge on any atom is 0.402 e. The van der Waals surface area contributed by atoms with E-state index < -0.39 is 22.7 Å². The lowest BCUT2D eigenvalue weighted by Gasteiger charge is -2.12. The van der Waals surface area contributed by atoms with Gasteiger partial charge in [0.2, 0.25) is 10.0 Å². The molecule has 9 heteroatoms. The number of nitrogens with one attached hydrogen (secondary N) is 1. The van der Waals surface area contributed by atoms with E-state index in [1.807, 2.05) is 0 Å². The zero-order valence-corrected chi connectivity index (χ0v) is 11.5. The largest absolute Gasteiger partial charge is 0.495 e. The summed E-state index contributed by atoms with van der Waals surface area (Å²) in [5.41, 5.74) is 0. The van der Waals surface area contributed by atoms with Crippen LogP contribution >= 0.6 is 15.9 Å². The molecule has 0 unspecified atom stereocenters. The summed E-state index contributed by atoms with van der Waals surface area (Å²) in [6, 6.07) is 4.02. The van der Waals surface area contributed by atoms with E-state index in [0.717, 1.165) is 6.07 Å². The number of ether oxygens (including phenoxy) is 1. The molecule has 1 rings (SSSR count). The van der Waals surface area contributed by atoms with Gasteiger partial charge in [-0.2, -0.15) is 13.2 Å². The third kappa shape index (κ3) is 4.14. The second kappa shape index (κ2) is 5.45. The van der Waals surface area contributed by atoms with Gasteiger partial charge in [0.05, 0.1) is 7.11 Å². The topological polar surface area (TPSA) is 55.4 Å². The average Bonchev–Trinajstić information content (AvgIpc) is 2.26. The lowest BCUT2D eigenvalue weighted by atomic mass is 10.3. The Bertz CT molecular complexity index is 530. The summed E-state index contributed by atoms with van der Waals surface area (Å²) in [5.74, 6) is -0.0344. The highest BCUT2D eigenvalue weighted by Gasteiger charge is 2.31. The first kappa shape index (κ1) is 15.3. The van der Waals surface area contributed by atoms with Crippen molar-refractivity contribution in [3.05, 3.63) is 22.7 Å². The van der Waals surface area contributed by atoms with Crippen molar-refractivity contribution < 1.29 is 26.3 Å². The van der Waals surface area contributed by atoms with Gasteiger partial charge in [0.1, 0.15) is 17.2 Å². The summed E-state index contributed by atoms with van der Waals surface area (Å²) in [6.07, 6.45) is -4.62. The molecule has 0 amide bonds. The predicted molar refractivity (Wildman–Crippen MR) is 61.9 cm³/mol. The molecule has 1 aromatic carbocycles. The summed E-state index contributed by atoms with van der Waals surface area (Å²) < 4.78 is 66.1. The number of methoxy groups -OCH3 is 1. The lowest BCUT2D eigenvalue weighted by molar-refractivity contribution is -0.121. The molecule has 0 spiro atoms. The molecule has 0 radical (unpaired) electrons. The number of sulfonamides is 1. The van der Waals surface area contributed by atoms with Gasteiger partial charge >= 0.3 is 6.18 Å². The van der Waals surface area contributed by atoms with E-state index in [9.17, 15) is 21.6 Å². The molecule has 4 nitrogen and oxygen atoms in total. The average molecular weight is 348 g/mol. The smallest absolute Gasteiger partial charge is 0.402 e. The molecule has 1 aromatic rings. The second-order valence-electron chi connectivity index (χ2n) is 3.23. The summed E-state index contributed by atoms with van der Waals surface area (Å²) in [6.45, 7) is -1.63. The Hall–Kier alpha value is -0.800. The van der Waals surface area contributed by atoms with Crippen molar-refractivity contribution in [2.75, 3.05) is 13.7 Å². The standard InChI is InChI=1S/C9H9BrF3NO3S/c1-17-7-3-2-6(10)4-8(7)18(15,16)14-5-9(11,12)13/h2-4,14H,5H2,1H3. The summed E-state index contributed by atoms with van der Waals surface area (Å²) in [4.78, 5) is -0.358. The molecule has 0 aromatic heterocycles. The molecule has 0 fully saturated rings. The van der Waals surface area contributed by atoms with Crippen molar-refractivity contribution in [2.24, 2.45) is 0 Å². The normalized spacial score (nSPS) is 12.5. The van der Waals surface area contributed by atoms with E-state index in [1.165, 1.54) is 24.0 Å².